The molecule has 0 bridgehead atoms. The smallest absolute Gasteiger partial charge is 0.263 e. The van der Waals surface area contributed by atoms with E-state index in [9.17, 15) is 13.2 Å². The molecule has 8 heteroatoms. The van der Waals surface area contributed by atoms with E-state index >= 15 is 0 Å². The molecule has 1 fully saturated rings. The third kappa shape index (κ3) is 3.07. The van der Waals surface area contributed by atoms with E-state index in [-0.39, 0.29) is 16.6 Å². The Morgan fingerprint density at radius 1 is 1.47 bits per heavy atom. The van der Waals surface area contributed by atoms with Crippen molar-refractivity contribution in [2.45, 2.75) is 17.4 Å². The van der Waals surface area contributed by atoms with Crippen molar-refractivity contribution in [3.8, 4) is 5.75 Å². The van der Waals surface area contributed by atoms with Gasteiger partial charge in [-0.3, -0.25) is 4.79 Å². The largest absolute Gasteiger partial charge is 0.479 e. The van der Waals surface area contributed by atoms with Gasteiger partial charge in [0.1, 0.15) is 10.6 Å². The molecule has 0 spiro atoms. The van der Waals surface area contributed by atoms with Crippen molar-refractivity contribution in [1.29, 1.82) is 0 Å². The third-order valence-corrected chi connectivity index (χ3v) is 4.29. The summed E-state index contributed by atoms with van der Waals surface area (Å²) in [5.74, 6) is -0.0670. The number of nitrogens with zero attached hydrogens (tertiary/aromatic N) is 1. The van der Waals surface area contributed by atoms with Crippen molar-refractivity contribution < 1.29 is 17.9 Å². The van der Waals surface area contributed by atoms with Gasteiger partial charge in [-0.05, 0) is 18.2 Å². The maximum atomic E-state index is 11.7. The maximum Gasteiger partial charge on any atom is 0.263 e. The fraction of sp³-hybridized carbons (Fsp3) is 0.364. The number of halogens is 1. The van der Waals surface area contributed by atoms with E-state index in [1.165, 1.54) is 12.1 Å². The van der Waals surface area contributed by atoms with E-state index in [1.54, 1.807) is 18.0 Å². The molecule has 1 unspecified atom stereocenters. The van der Waals surface area contributed by atoms with Crippen LogP contribution in [0.3, 0.4) is 0 Å². The lowest BCUT2D eigenvalue weighted by Gasteiger charge is -2.15. The van der Waals surface area contributed by atoms with Crippen LogP contribution in [-0.4, -0.2) is 38.9 Å². The molecule has 2 rings (SSSR count). The zero-order chi connectivity index (χ0) is 14.2. The number of rotatable bonds is 3. The minimum absolute atomic E-state index is 0.0966. The van der Waals surface area contributed by atoms with Gasteiger partial charge in [-0.25, -0.2) is 13.6 Å². The maximum absolute atomic E-state index is 11.7. The molecule has 1 amide bonds. The fourth-order valence-electron chi connectivity index (χ4n) is 1.85. The standard InChI is InChI=1S/C11H13BrN2O4S/c1-14-5-4-9(11(14)15)18-8-3-2-7(12)6-10(8)19(13,16)17/h2-3,6,9H,4-5H2,1H3,(H2,13,16,17). The van der Waals surface area contributed by atoms with Crippen LogP contribution in [0, 0.1) is 0 Å². The molecule has 1 aliphatic heterocycles. The lowest BCUT2D eigenvalue weighted by molar-refractivity contribution is -0.132. The van der Waals surface area contributed by atoms with Crippen molar-refractivity contribution in [2.75, 3.05) is 13.6 Å². The van der Waals surface area contributed by atoms with Crippen LogP contribution < -0.4 is 9.88 Å². The summed E-state index contributed by atoms with van der Waals surface area (Å²) in [7, 11) is -2.23. The van der Waals surface area contributed by atoms with Crippen molar-refractivity contribution in [2.24, 2.45) is 5.14 Å². The van der Waals surface area contributed by atoms with Crippen LogP contribution in [-0.2, 0) is 14.8 Å². The molecule has 0 saturated carbocycles. The van der Waals surface area contributed by atoms with Crippen LogP contribution >= 0.6 is 15.9 Å². The first-order valence-electron chi connectivity index (χ1n) is 5.53. The Kier molecular flexibility index (Phi) is 3.84. The number of hydrogen-bond acceptors (Lipinski definition) is 4. The van der Waals surface area contributed by atoms with Gasteiger partial charge in [0.25, 0.3) is 5.91 Å². The number of ether oxygens (including phenoxy) is 1. The van der Waals surface area contributed by atoms with E-state index in [0.29, 0.717) is 17.4 Å². The van der Waals surface area contributed by atoms with Gasteiger partial charge in [0.15, 0.2) is 6.10 Å². The number of likely N-dealkylation sites (tertiary alicyclic amines) is 1. The summed E-state index contributed by atoms with van der Waals surface area (Å²) in [5.41, 5.74) is 0. The molecule has 1 saturated heterocycles. The Morgan fingerprint density at radius 3 is 2.68 bits per heavy atom. The summed E-state index contributed by atoms with van der Waals surface area (Å²) in [4.78, 5) is 13.2. The number of primary sulfonamides is 1. The number of sulfonamides is 1. The number of amides is 1. The molecule has 0 aliphatic carbocycles. The number of carbonyl (C=O) groups is 1. The molecular weight excluding hydrogens is 336 g/mol. The summed E-state index contributed by atoms with van der Waals surface area (Å²) in [5, 5.41) is 5.14. The second-order valence-corrected chi connectivity index (χ2v) is 6.74. The highest BCUT2D eigenvalue weighted by molar-refractivity contribution is 9.10. The predicted octanol–water partition coefficient (Wildman–Crippen LogP) is 0.706. The van der Waals surface area contributed by atoms with Gasteiger partial charge in [0.2, 0.25) is 10.0 Å². The van der Waals surface area contributed by atoms with Crippen LogP contribution in [0.2, 0.25) is 0 Å². The van der Waals surface area contributed by atoms with Gasteiger partial charge in [-0.1, -0.05) is 15.9 Å². The fourth-order valence-corrected chi connectivity index (χ4v) is 3.06. The third-order valence-electron chi connectivity index (χ3n) is 2.86. The topological polar surface area (TPSA) is 89.7 Å². The number of hydrogen-bond donors (Lipinski definition) is 1. The molecule has 1 aromatic carbocycles. The van der Waals surface area contributed by atoms with E-state index in [4.69, 9.17) is 9.88 Å². The van der Waals surface area contributed by atoms with Gasteiger partial charge in [-0.15, -0.1) is 0 Å². The van der Waals surface area contributed by atoms with Crippen LogP contribution in [0.5, 0.6) is 5.75 Å². The summed E-state index contributed by atoms with van der Waals surface area (Å²) in [6, 6.07) is 4.47. The summed E-state index contributed by atoms with van der Waals surface area (Å²) < 4.78 is 29.1. The lowest BCUT2D eigenvalue weighted by Crippen LogP contribution is -2.30. The van der Waals surface area contributed by atoms with Gasteiger partial charge < -0.3 is 9.64 Å². The van der Waals surface area contributed by atoms with Crippen molar-refractivity contribution in [3.63, 3.8) is 0 Å². The first-order valence-corrected chi connectivity index (χ1v) is 7.87. The first kappa shape index (κ1) is 14.3. The number of benzene rings is 1. The summed E-state index contributed by atoms with van der Waals surface area (Å²) in [6.07, 6.45) is -0.137. The summed E-state index contributed by atoms with van der Waals surface area (Å²) >= 11 is 3.17. The van der Waals surface area contributed by atoms with Gasteiger partial charge in [-0.2, -0.15) is 0 Å². The van der Waals surface area contributed by atoms with Gasteiger partial charge >= 0.3 is 0 Å². The van der Waals surface area contributed by atoms with Crippen molar-refractivity contribution >= 4 is 31.9 Å². The Balaban J connectivity index is 2.33. The van der Waals surface area contributed by atoms with Crippen LogP contribution in [0.1, 0.15) is 6.42 Å². The van der Waals surface area contributed by atoms with Crippen LogP contribution in [0.4, 0.5) is 0 Å². The van der Waals surface area contributed by atoms with Crippen LogP contribution in [0.25, 0.3) is 0 Å². The predicted molar refractivity (Wildman–Crippen MR) is 72.2 cm³/mol. The first-order chi connectivity index (χ1) is 8.79. The molecule has 19 heavy (non-hydrogen) atoms. The molecule has 1 aromatic rings. The minimum atomic E-state index is -3.91. The number of carbonyl (C=O) groups excluding carboxylic acids is 1. The molecule has 0 radical (unpaired) electrons. The SMILES string of the molecule is CN1CCC(Oc2ccc(Br)cc2S(N)(=O)=O)C1=O. The van der Waals surface area contributed by atoms with E-state index in [2.05, 4.69) is 15.9 Å². The zero-order valence-corrected chi connectivity index (χ0v) is 12.6. The molecule has 104 valence electrons. The average molecular weight is 349 g/mol. The Bertz CT molecular complexity index is 617. The second kappa shape index (κ2) is 5.10. The highest BCUT2D eigenvalue weighted by Crippen LogP contribution is 2.29. The number of likely N-dealkylation sites (N-methyl/N-ethyl adjacent to an activating group) is 1. The highest BCUT2D eigenvalue weighted by atomic mass is 79.9. The van der Waals surface area contributed by atoms with E-state index in [1.807, 2.05) is 0 Å². The Hall–Kier alpha value is -1.12. The van der Waals surface area contributed by atoms with Crippen molar-refractivity contribution in [3.05, 3.63) is 22.7 Å². The highest BCUT2D eigenvalue weighted by Gasteiger charge is 2.32. The minimum Gasteiger partial charge on any atom is -0.479 e. The number of nitrogens with two attached hydrogens (primary N) is 1. The summed E-state index contributed by atoms with van der Waals surface area (Å²) in [6.45, 7) is 0.588. The monoisotopic (exact) mass is 348 g/mol. The van der Waals surface area contributed by atoms with Crippen molar-refractivity contribution in [1.82, 2.24) is 4.90 Å². The van der Waals surface area contributed by atoms with Gasteiger partial charge in [0, 0.05) is 24.5 Å². The lowest BCUT2D eigenvalue weighted by atomic mass is 10.3. The molecule has 2 N–H and O–H groups in total. The molecule has 1 heterocycles. The molecule has 6 nitrogen and oxygen atoms in total. The molecular formula is C11H13BrN2O4S. The van der Waals surface area contributed by atoms with Crippen LogP contribution in [0.15, 0.2) is 27.6 Å². The molecule has 0 aromatic heterocycles. The van der Waals surface area contributed by atoms with Gasteiger partial charge in [0.05, 0.1) is 0 Å². The average Bonchev–Trinajstić information content (AvgIpc) is 2.62. The zero-order valence-electron chi connectivity index (χ0n) is 10.2. The Labute approximate surface area is 119 Å². The molecule has 1 aliphatic rings. The second-order valence-electron chi connectivity index (χ2n) is 4.29. The van der Waals surface area contributed by atoms with E-state index in [0.717, 1.165) is 0 Å². The van der Waals surface area contributed by atoms with E-state index < -0.39 is 16.1 Å². The Morgan fingerprint density at radius 2 is 2.16 bits per heavy atom. The quantitative estimate of drug-likeness (QED) is 0.870. The normalized spacial score (nSPS) is 19.8. The molecule has 1 atom stereocenters.